The highest BCUT2D eigenvalue weighted by Crippen LogP contribution is 2.34. The van der Waals surface area contributed by atoms with Gasteiger partial charge in [-0.3, -0.25) is 0 Å². The molecule has 1 aliphatic rings. The molecule has 0 unspecified atom stereocenters. The zero-order valence-electron chi connectivity index (χ0n) is 12.1. The summed E-state index contributed by atoms with van der Waals surface area (Å²) in [6, 6.07) is 8.71. The molecule has 0 bridgehead atoms. The average molecular weight is 239 g/mol. The van der Waals surface area contributed by atoms with Gasteiger partial charge >= 0.3 is 7.41 Å². The Labute approximate surface area is 112 Å². The zero-order valence-corrected chi connectivity index (χ0v) is 12.1. The molecule has 0 spiro atoms. The molecule has 1 aromatic carbocycles. The highest BCUT2D eigenvalue weighted by atomic mass is 15.0. The predicted molar refractivity (Wildman–Crippen MR) is 79.4 cm³/mol. The van der Waals surface area contributed by atoms with Crippen molar-refractivity contribution in [3.8, 4) is 0 Å². The molecule has 0 N–H and O–H groups in total. The smallest absolute Gasteiger partial charge is 0.306 e. The van der Waals surface area contributed by atoms with Gasteiger partial charge in [0.1, 0.15) is 0 Å². The molecule has 0 amide bonds. The summed E-state index contributed by atoms with van der Waals surface area (Å²) in [5.41, 5.74) is 4.12. The molecule has 1 heterocycles. The van der Waals surface area contributed by atoms with Crippen LogP contribution in [0.3, 0.4) is 0 Å². The van der Waals surface area contributed by atoms with Crippen LogP contribution in [-0.4, -0.2) is 17.6 Å². The first-order chi connectivity index (χ1) is 8.48. The van der Waals surface area contributed by atoms with Crippen molar-refractivity contribution in [3.05, 3.63) is 47.5 Å². The van der Waals surface area contributed by atoms with E-state index in [2.05, 4.69) is 82.8 Å². The van der Waals surface area contributed by atoms with E-state index in [1.165, 1.54) is 16.8 Å². The van der Waals surface area contributed by atoms with Crippen molar-refractivity contribution >= 4 is 13.1 Å². The Morgan fingerprint density at radius 3 is 2.50 bits per heavy atom. The van der Waals surface area contributed by atoms with Crippen LogP contribution in [0.2, 0.25) is 6.82 Å². The van der Waals surface area contributed by atoms with Crippen LogP contribution < -0.4 is 0 Å². The van der Waals surface area contributed by atoms with Crippen LogP contribution in [0.1, 0.15) is 38.8 Å². The van der Waals surface area contributed by atoms with E-state index in [0.29, 0.717) is 5.92 Å². The van der Waals surface area contributed by atoms with Crippen molar-refractivity contribution in [2.45, 2.75) is 40.1 Å². The van der Waals surface area contributed by atoms with E-state index in [9.17, 15) is 0 Å². The van der Waals surface area contributed by atoms with E-state index in [0.717, 1.165) is 0 Å². The lowest BCUT2D eigenvalue weighted by molar-refractivity contribution is -0.476. The standard InChI is InChI=1S/C16H22BN/c1-12(2)10-11-15-13-8-6-7-9-14(13)16(3,4)18(15)17-5/h6-12H,1-5H3/q+1/b11-10+. The zero-order chi connectivity index (χ0) is 13.3. The normalized spacial score (nSPS) is 17.7. The van der Waals surface area contributed by atoms with E-state index in [1.54, 1.807) is 0 Å². The summed E-state index contributed by atoms with van der Waals surface area (Å²) in [7, 11) is 2.18. The summed E-state index contributed by atoms with van der Waals surface area (Å²) in [5, 5.41) is 0. The summed E-state index contributed by atoms with van der Waals surface area (Å²) in [5.74, 6) is 0.576. The molecule has 1 radical (unpaired) electrons. The van der Waals surface area contributed by atoms with Crippen molar-refractivity contribution in [2.24, 2.45) is 5.92 Å². The number of fused-ring (bicyclic) bond motifs is 1. The van der Waals surface area contributed by atoms with Crippen molar-refractivity contribution < 1.29 is 4.49 Å². The number of allylic oxidation sites excluding steroid dienone is 2. The Kier molecular flexibility index (Phi) is 3.47. The Balaban J connectivity index is 2.58. The summed E-state index contributed by atoms with van der Waals surface area (Å²) >= 11 is 0. The molecule has 0 fully saturated rings. The number of hydrogen-bond acceptors (Lipinski definition) is 0. The lowest BCUT2D eigenvalue weighted by Gasteiger charge is -2.18. The van der Waals surface area contributed by atoms with E-state index < -0.39 is 0 Å². The van der Waals surface area contributed by atoms with Gasteiger partial charge < -0.3 is 4.49 Å². The highest BCUT2D eigenvalue weighted by molar-refractivity contribution is 6.27. The van der Waals surface area contributed by atoms with Gasteiger partial charge in [-0.15, -0.1) is 0 Å². The molecule has 2 rings (SSSR count). The topological polar surface area (TPSA) is 3.01 Å². The first kappa shape index (κ1) is 13.1. The molecule has 93 valence electrons. The largest absolute Gasteiger partial charge is 0.531 e. The number of hydrogen-bond donors (Lipinski definition) is 0. The number of benzene rings is 1. The molecule has 1 nitrogen and oxygen atoms in total. The second kappa shape index (κ2) is 4.76. The van der Waals surface area contributed by atoms with Crippen LogP contribution in [0.25, 0.3) is 0 Å². The van der Waals surface area contributed by atoms with Gasteiger partial charge in [0.05, 0.1) is 5.56 Å². The molecule has 0 aliphatic carbocycles. The monoisotopic (exact) mass is 239 g/mol. The lowest BCUT2D eigenvalue weighted by atomic mass is 9.87. The third-order valence-corrected chi connectivity index (χ3v) is 3.62. The number of rotatable bonds is 3. The quantitative estimate of drug-likeness (QED) is 0.709. The van der Waals surface area contributed by atoms with Crippen LogP contribution in [0.5, 0.6) is 0 Å². The lowest BCUT2D eigenvalue weighted by Crippen LogP contribution is -2.33. The number of nitrogens with zero attached hydrogens (tertiary/aromatic N) is 1. The van der Waals surface area contributed by atoms with Crippen LogP contribution in [0.4, 0.5) is 0 Å². The molecule has 1 aromatic rings. The third-order valence-electron chi connectivity index (χ3n) is 3.62. The van der Waals surface area contributed by atoms with Gasteiger partial charge in [-0.2, -0.15) is 0 Å². The molecule has 0 saturated heterocycles. The Bertz CT molecular complexity index is 510. The molecule has 0 saturated carbocycles. The van der Waals surface area contributed by atoms with Crippen LogP contribution in [0, 0.1) is 5.92 Å². The van der Waals surface area contributed by atoms with Gasteiger partial charge in [0, 0.05) is 25.5 Å². The maximum absolute atomic E-state index is 2.37. The average Bonchev–Trinajstić information content (AvgIpc) is 2.55. The first-order valence-corrected chi connectivity index (χ1v) is 6.72. The van der Waals surface area contributed by atoms with Crippen molar-refractivity contribution in [3.63, 3.8) is 0 Å². The van der Waals surface area contributed by atoms with Gasteiger partial charge in [-0.25, -0.2) is 0 Å². The Morgan fingerprint density at radius 2 is 1.89 bits per heavy atom. The molecule has 18 heavy (non-hydrogen) atoms. The molecule has 2 heteroatoms. The minimum atomic E-state index is 0.0436. The fourth-order valence-corrected chi connectivity index (χ4v) is 2.72. The Morgan fingerprint density at radius 1 is 1.22 bits per heavy atom. The van der Waals surface area contributed by atoms with E-state index in [1.807, 2.05) is 0 Å². The van der Waals surface area contributed by atoms with Crippen LogP contribution >= 0.6 is 0 Å². The predicted octanol–water partition coefficient (Wildman–Crippen LogP) is 3.62. The van der Waals surface area contributed by atoms with Crippen molar-refractivity contribution in [1.82, 2.24) is 0 Å². The van der Waals surface area contributed by atoms with Gasteiger partial charge in [0.25, 0.3) is 0 Å². The third kappa shape index (κ3) is 2.05. The van der Waals surface area contributed by atoms with Gasteiger partial charge in [-0.05, 0) is 18.8 Å². The SMILES string of the molecule is C[B][N+]1=C(/C=C/C(C)C)c2ccccc2C1(C)C. The second-order valence-electron chi connectivity index (χ2n) is 5.72. The van der Waals surface area contributed by atoms with Gasteiger partial charge in [0.2, 0.25) is 0 Å². The maximum Gasteiger partial charge on any atom is 0.531 e. The summed E-state index contributed by atoms with van der Waals surface area (Å²) in [6.07, 6.45) is 4.53. The fourth-order valence-electron chi connectivity index (χ4n) is 2.72. The molecule has 1 aliphatic heterocycles. The van der Waals surface area contributed by atoms with E-state index >= 15 is 0 Å². The van der Waals surface area contributed by atoms with Crippen molar-refractivity contribution in [1.29, 1.82) is 0 Å². The molecule has 0 atom stereocenters. The second-order valence-corrected chi connectivity index (χ2v) is 5.72. The maximum atomic E-state index is 2.37. The highest BCUT2D eigenvalue weighted by Gasteiger charge is 2.42. The molecular formula is C16H22BN+. The molecular weight excluding hydrogens is 217 g/mol. The fraction of sp³-hybridized carbons (Fsp3) is 0.438. The van der Waals surface area contributed by atoms with Gasteiger partial charge in [0.15, 0.2) is 11.3 Å². The summed E-state index contributed by atoms with van der Waals surface area (Å²) in [6.45, 7) is 11.1. The summed E-state index contributed by atoms with van der Waals surface area (Å²) in [4.78, 5) is 0. The van der Waals surface area contributed by atoms with Crippen LogP contribution in [0.15, 0.2) is 36.4 Å². The van der Waals surface area contributed by atoms with E-state index in [-0.39, 0.29) is 5.54 Å². The molecule has 0 aromatic heterocycles. The summed E-state index contributed by atoms with van der Waals surface area (Å²) < 4.78 is 2.37. The minimum Gasteiger partial charge on any atom is -0.306 e. The van der Waals surface area contributed by atoms with Crippen molar-refractivity contribution in [2.75, 3.05) is 0 Å². The van der Waals surface area contributed by atoms with Gasteiger partial charge in [-0.1, -0.05) is 38.1 Å². The minimum absolute atomic E-state index is 0.0436. The van der Waals surface area contributed by atoms with E-state index in [4.69, 9.17) is 0 Å². The Hall–Kier alpha value is -1.31. The first-order valence-electron chi connectivity index (χ1n) is 6.72. The van der Waals surface area contributed by atoms with Crippen LogP contribution in [-0.2, 0) is 5.54 Å².